The van der Waals surface area contributed by atoms with Crippen LogP contribution in [0, 0.1) is 0 Å². The Balaban J connectivity index is 2.59. The van der Waals surface area contributed by atoms with Crippen LogP contribution in [0.2, 0.25) is 10.0 Å². The van der Waals surface area contributed by atoms with Crippen molar-refractivity contribution in [2.75, 3.05) is 6.61 Å². The molecule has 0 spiro atoms. The van der Waals surface area contributed by atoms with Crippen LogP contribution < -0.4 is 0 Å². The highest BCUT2D eigenvalue weighted by Crippen LogP contribution is 2.25. The fourth-order valence-electron chi connectivity index (χ4n) is 1.05. The van der Waals surface area contributed by atoms with Crippen molar-refractivity contribution in [1.82, 2.24) is 0 Å². The predicted molar refractivity (Wildman–Crippen MR) is 56.8 cm³/mol. The number of ether oxygens (including phenoxy) is 1. The van der Waals surface area contributed by atoms with Crippen molar-refractivity contribution in [3.63, 3.8) is 0 Å². The summed E-state index contributed by atoms with van der Waals surface area (Å²) in [7, 11) is 0. The zero-order valence-corrected chi connectivity index (χ0v) is 9.23. The molecular weight excluding hydrogens is 223 g/mol. The van der Waals surface area contributed by atoms with E-state index in [1.165, 1.54) is 6.92 Å². The molecule has 0 aromatic heterocycles. The molecule has 1 aromatic carbocycles. The molecule has 1 rings (SSSR count). The average molecular weight is 233 g/mol. The number of benzene rings is 1. The quantitative estimate of drug-likeness (QED) is 0.750. The van der Waals surface area contributed by atoms with Gasteiger partial charge in [-0.2, -0.15) is 0 Å². The summed E-state index contributed by atoms with van der Waals surface area (Å²) in [6, 6.07) is 5.40. The maximum atomic E-state index is 10.5. The Hall–Kier alpha value is -0.730. The molecule has 0 heterocycles. The summed E-state index contributed by atoms with van der Waals surface area (Å²) in [5.74, 6) is -0.289. The van der Waals surface area contributed by atoms with Crippen LogP contribution in [0.1, 0.15) is 12.5 Å². The third-order valence-electron chi connectivity index (χ3n) is 1.71. The van der Waals surface area contributed by atoms with Crippen LogP contribution in [0.5, 0.6) is 0 Å². The van der Waals surface area contributed by atoms with Crippen LogP contribution in [0.3, 0.4) is 0 Å². The molecule has 0 saturated carbocycles. The molecule has 0 bridgehead atoms. The molecule has 0 atom stereocenters. The van der Waals surface area contributed by atoms with Crippen LogP contribution in [0.15, 0.2) is 18.2 Å². The van der Waals surface area contributed by atoms with Crippen molar-refractivity contribution in [2.45, 2.75) is 13.3 Å². The summed E-state index contributed by atoms with van der Waals surface area (Å²) in [6.07, 6.45) is 0.582. The van der Waals surface area contributed by atoms with Gasteiger partial charge in [0.2, 0.25) is 0 Å². The summed E-state index contributed by atoms with van der Waals surface area (Å²) in [5, 5.41) is 1.05. The van der Waals surface area contributed by atoms with Gasteiger partial charge in [-0.05, 0) is 11.6 Å². The van der Waals surface area contributed by atoms with E-state index in [-0.39, 0.29) is 5.97 Å². The monoisotopic (exact) mass is 232 g/mol. The van der Waals surface area contributed by atoms with Crippen molar-refractivity contribution < 1.29 is 9.53 Å². The molecule has 0 fully saturated rings. The Bertz CT molecular complexity index is 337. The molecule has 0 saturated heterocycles. The number of esters is 1. The van der Waals surface area contributed by atoms with Gasteiger partial charge in [0, 0.05) is 13.3 Å². The van der Waals surface area contributed by atoms with E-state index in [2.05, 4.69) is 0 Å². The fraction of sp³-hybridized carbons (Fsp3) is 0.300. The smallest absolute Gasteiger partial charge is 0.302 e. The van der Waals surface area contributed by atoms with Crippen molar-refractivity contribution in [1.29, 1.82) is 0 Å². The molecule has 0 N–H and O–H groups in total. The second-order valence-electron chi connectivity index (χ2n) is 2.80. The van der Waals surface area contributed by atoms with Crippen LogP contribution in [-0.2, 0) is 16.0 Å². The second-order valence-corrected chi connectivity index (χ2v) is 3.59. The Morgan fingerprint density at radius 3 is 2.79 bits per heavy atom. The molecule has 0 aliphatic rings. The first-order valence-electron chi connectivity index (χ1n) is 4.17. The highest BCUT2D eigenvalue weighted by atomic mass is 35.5. The molecule has 4 heteroatoms. The maximum Gasteiger partial charge on any atom is 0.302 e. The summed E-state index contributed by atoms with van der Waals surface area (Å²) in [4.78, 5) is 10.5. The number of hydrogen-bond acceptors (Lipinski definition) is 2. The lowest BCUT2D eigenvalue weighted by Crippen LogP contribution is -2.03. The Kier molecular flexibility index (Phi) is 4.23. The molecule has 0 radical (unpaired) electrons. The van der Waals surface area contributed by atoms with Gasteiger partial charge in [-0.1, -0.05) is 35.3 Å². The number of carbonyl (C=O) groups excluding carboxylic acids is 1. The number of halogens is 2. The summed E-state index contributed by atoms with van der Waals surface area (Å²) in [5.41, 5.74) is 0.889. The molecular formula is C10H10Cl2O2. The largest absolute Gasteiger partial charge is 0.466 e. The molecule has 76 valence electrons. The normalized spacial score (nSPS) is 9.93. The lowest BCUT2D eigenvalue weighted by molar-refractivity contribution is -0.140. The summed E-state index contributed by atoms with van der Waals surface area (Å²) in [6.45, 7) is 1.70. The Morgan fingerprint density at radius 2 is 2.14 bits per heavy atom. The minimum atomic E-state index is -0.289. The lowest BCUT2D eigenvalue weighted by atomic mass is 10.2. The number of carbonyl (C=O) groups is 1. The zero-order chi connectivity index (χ0) is 10.6. The van der Waals surface area contributed by atoms with Crippen molar-refractivity contribution in [3.05, 3.63) is 33.8 Å². The summed E-state index contributed by atoms with van der Waals surface area (Å²) >= 11 is 11.8. The third kappa shape index (κ3) is 3.20. The molecule has 0 amide bonds. The van der Waals surface area contributed by atoms with Crippen LogP contribution in [0.4, 0.5) is 0 Å². The van der Waals surface area contributed by atoms with Gasteiger partial charge < -0.3 is 4.74 Å². The van der Waals surface area contributed by atoms with E-state index in [4.69, 9.17) is 27.9 Å². The Morgan fingerprint density at radius 1 is 1.43 bits per heavy atom. The SMILES string of the molecule is CC(=O)OCCc1cccc(Cl)c1Cl. The van der Waals surface area contributed by atoms with Gasteiger partial charge in [-0.3, -0.25) is 4.79 Å². The van der Waals surface area contributed by atoms with E-state index in [1.807, 2.05) is 12.1 Å². The maximum absolute atomic E-state index is 10.5. The first-order chi connectivity index (χ1) is 6.61. The van der Waals surface area contributed by atoms with E-state index in [9.17, 15) is 4.79 Å². The molecule has 0 aliphatic carbocycles. The highest BCUT2D eigenvalue weighted by molar-refractivity contribution is 6.42. The first-order valence-corrected chi connectivity index (χ1v) is 4.93. The topological polar surface area (TPSA) is 26.3 Å². The Labute approximate surface area is 92.8 Å². The van der Waals surface area contributed by atoms with Gasteiger partial charge in [0.1, 0.15) is 0 Å². The highest BCUT2D eigenvalue weighted by Gasteiger charge is 2.04. The minimum absolute atomic E-state index is 0.289. The van der Waals surface area contributed by atoms with E-state index in [0.717, 1.165) is 5.56 Å². The van der Waals surface area contributed by atoms with E-state index < -0.39 is 0 Å². The van der Waals surface area contributed by atoms with Gasteiger partial charge >= 0.3 is 5.97 Å². The van der Waals surface area contributed by atoms with Gasteiger partial charge in [-0.25, -0.2) is 0 Å². The molecule has 14 heavy (non-hydrogen) atoms. The molecule has 0 aliphatic heterocycles. The third-order valence-corrected chi connectivity index (χ3v) is 2.57. The van der Waals surface area contributed by atoms with Gasteiger partial charge in [0.15, 0.2) is 0 Å². The number of hydrogen-bond donors (Lipinski definition) is 0. The van der Waals surface area contributed by atoms with Gasteiger partial charge in [0.25, 0.3) is 0 Å². The summed E-state index contributed by atoms with van der Waals surface area (Å²) < 4.78 is 4.80. The average Bonchev–Trinajstić information content (AvgIpc) is 2.12. The van der Waals surface area contributed by atoms with Crippen molar-refractivity contribution >= 4 is 29.2 Å². The van der Waals surface area contributed by atoms with E-state index >= 15 is 0 Å². The van der Waals surface area contributed by atoms with Crippen LogP contribution in [0.25, 0.3) is 0 Å². The predicted octanol–water partition coefficient (Wildman–Crippen LogP) is 3.10. The van der Waals surface area contributed by atoms with Gasteiger partial charge in [-0.15, -0.1) is 0 Å². The van der Waals surface area contributed by atoms with E-state index in [0.29, 0.717) is 23.1 Å². The molecule has 1 aromatic rings. The van der Waals surface area contributed by atoms with Crippen LogP contribution in [-0.4, -0.2) is 12.6 Å². The second kappa shape index (κ2) is 5.23. The first kappa shape index (κ1) is 11.3. The molecule has 0 unspecified atom stereocenters. The van der Waals surface area contributed by atoms with Gasteiger partial charge in [0.05, 0.1) is 16.7 Å². The molecule has 2 nitrogen and oxygen atoms in total. The van der Waals surface area contributed by atoms with Crippen LogP contribution >= 0.6 is 23.2 Å². The number of rotatable bonds is 3. The standard InChI is InChI=1S/C10H10Cl2O2/c1-7(13)14-6-5-8-3-2-4-9(11)10(8)12/h2-4H,5-6H2,1H3. The fourth-order valence-corrected chi connectivity index (χ4v) is 1.46. The zero-order valence-electron chi connectivity index (χ0n) is 7.72. The van der Waals surface area contributed by atoms with E-state index in [1.54, 1.807) is 6.07 Å². The lowest BCUT2D eigenvalue weighted by Gasteiger charge is -2.05. The van der Waals surface area contributed by atoms with Crippen molar-refractivity contribution in [3.8, 4) is 0 Å². The minimum Gasteiger partial charge on any atom is -0.466 e. The van der Waals surface area contributed by atoms with Crippen molar-refractivity contribution in [2.24, 2.45) is 0 Å².